The molecule has 1 saturated heterocycles. The molecule has 0 spiro atoms. The van der Waals surface area contributed by atoms with Crippen molar-refractivity contribution in [1.82, 2.24) is 30.3 Å². The number of aromatic nitrogens is 5. The molecule has 0 amide bonds. The minimum Gasteiger partial charge on any atom is -0.451 e. The molecule has 0 saturated carbocycles. The number of pyridine rings is 1. The molecule has 10 heteroatoms. The molecule has 0 bridgehead atoms. The first-order valence-electron chi connectivity index (χ1n) is 10.2. The van der Waals surface area contributed by atoms with Crippen molar-refractivity contribution in [1.29, 1.82) is 0 Å². The van der Waals surface area contributed by atoms with E-state index < -0.39 is 0 Å². The van der Waals surface area contributed by atoms with Gasteiger partial charge in [0, 0.05) is 34.5 Å². The van der Waals surface area contributed by atoms with Crippen molar-refractivity contribution in [2.45, 2.75) is 18.9 Å². The van der Waals surface area contributed by atoms with Crippen LogP contribution < -0.4 is 11.1 Å². The fourth-order valence-corrected chi connectivity index (χ4v) is 4.66. The molecule has 0 unspecified atom stereocenters. The highest BCUT2D eigenvalue weighted by Gasteiger charge is 2.23. The summed E-state index contributed by atoms with van der Waals surface area (Å²) in [5, 5.41) is 17.3. The van der Waals surface area contributed by atoms with Gasteiger partial charge in [-0.3, -0.25) is 9.78 Å². The number of fused-ring (bicyclic) bond motifs is 2. The molecule has 164 valence electrons. The molecule has 0 radical (unpaired) electrons. The van der Waals surface area contributed by atoms with Gasteiger partial charge in [0.2, 0.25) is 0 Å². The lowest BCUT2D eigenvalue weighted by atomic mass is 10.1. The van der Waals surface area contributed by atoms with Gasteiger partial charge in [-0.2, -0.15) is 10.2 Å². The summed E-state index contributed by atoms with van der Waals surface area (Å²) in [5.41, 5.74) is 10.2. The predicted molar refractivity (Wildman–Crippen MR) is 128 cm³/mol. The molecule has 4 aromatic heterocycles. The van der Waals surface area contributed by atoms with Gasteiger partial charge in [0.25, 0.3) is 0 Å². The van der Waals surface area contributed by atoms with Crippen molar-refractivity contribution in [2.24, 2.45) is 0 Å². The highest BCUT2D eigenvalue weighted by atomic mass is 35.5. The average molecular weight is 470 g/mol. The van der Waals surface area contributed by atoms with Gasteiger partial charge in [-0.1, -0.05) is 11.6 Å². The van der Waals surface area contributed by atoms with Crippen LogP contribution in [0.2, 0.25) is 5.02 Å². The summed E-state index contributed by atoms with van der Waals surface area (Å²) in [6.07, 6.45) is 9.55. The van der Waals surface area contributed by atoms with Crippen LogP contribution in [0.25, 0.3) is 44.3 Å². The van der Waals surface area contributed by atoms with Crippen molar-refractivity contribution < 1.29 is 4.42 Å². The number of hydrogen-bond acceptors (Lipinski definition) is 6. The summed E-state index contributed by atoms with van der Waals surface area (Å²) in [5.74, 6) is 0.869. The number of hydrogen-bond donors (Lipinski definition) is 3. The normalized spacial score (nSPS) is 14.8. The Bertz CT molecular complexity index is 1410. The average Bonchev–Trinajstić information content (AvgIpc) is 3.54. The Balaban J connectivity index is 0.00000216. The van der Waals surface area contributed by atoms with Gasteiger partial charge < -0.3 is 15.5 Å². The molecule has 6 rings (SSSR count). The number of anilines is 1. The largest absolute Gasteiger partial charge is 0.451 e. The van der Waals surface area contributed by atoms with Crippen LogP contribution in [0.5, 0.6) is 0 Å². The quantitative estimate of drug-likeness (QED) is 0.349. The molecular weight excluding hydrogens is 449 g/mol. The molecule has 5 heterocycles. The van der Waals surface area contributed by atoms with Crippen LogP contribution in [-0.4, -0.2) is 38.1 Å². The van der Waals surface area contributed by atoms with Crippen molar-refractivity contribution in [3.63, 3.8) is 0 Å². The second kappa shape index (κ2) is 8.12. The fraction of sp³-hybridized carbons (Fsp3) is 0.227. The molecule has 5 aromatic rings. The molecule has 1 aromatic carbocycles. The topological polar surface area (TPSA) is 111 Å². The van der Waals surface area contributed by atoms with E-state index in [9.17, 15) is 0 Å². The number of nitrogens with zero attached hydrogens (tertiary/aromatic N) is 4. The number of aromatic amines is 1. The number of nitrogens with one attached hydrogen (secondary N) is 2. The summed E-state index contributed by atoms with van der Waals surface area (Å²) >= 11 is 6.86. The van der Waals surface area contributed by atoms with Gasteiger partial charge in [-0.25, -0.2) is 4.98 Å². The zero-order chi connectivity index (χ0) is 20.9. The smallest absolute Gasteiger partial charge is 0.179 e. The number of rotatable bonds is 3. The third-order valence-electron chi connectivity index (χ3n) is 5.98. The number of nitrogen functional groups attached to an aromatic ring is 1. The molecule has 0 aliphatic carbocycles. The monoisotopic (exact) mass is 469 g/mol. The molecule has 1 aliphatic heterocycles. The maximum Gasteiger partial charge on any atom is 0.179 e. The van der Waals surface area contributed by atoms with Crippen molar-refractivity contribution in [3.05, 3.63) is 48.0 Å². The Labute approximate surface area is 194 Å². The molecule has 1 aliphatic rings. The second-order valence-electron chi connectivity index (χ2n) is 7.87. The van der Waals surface area contributed by atoms with E-state index in [0.29, 0.717) is 28.2 Å². The van der Waals surface area contributed by atoms with E-state index >= 15 is 0 Å². The number of halogens is 2. The summed E-state index contributed by atoms with van der Waals surface area (Å²) < 4.78 is 8.18. The Hall–Kier alpha value is -3.07. The van der Waals surface area contributed by atoms with Gasteiger partial charge in [0.15, 0.2) is 17.2 Å². The third-order valence-corrected chi connectivity index (χ3v) is 6.34. The van der Waals surface area contributed by atoms with Crippen LogP contribution in [-0.2, 0) is 0 Å². The van der Waals surface area contributed by atoms with Gasteiger partial charge in [0.1, 0.15) is 0 Å². The molecule has 4 N–H and O–H groups in total. The standard InChI is InChI=1S/C22H20ClN7O.ClH/c23-19-18-16(14-9-28-30(11-14)15-3-5-25-6-4-15)10-26-22(24)21(18)31-20(19)12-1-2-17-13(7-12)8-27-29-17;/h1-2,7-11,15,25H,3-6H2,(H2,24,26)(H,27,29);1H. The lowest BCUT2D eigenvalue weighted by molar-refractivity contribution is 0.343. The molecule has 8 nitrogen and oxygen atoms in total. The van der Waals surface area contributed by atoms with Crippen LogP contribution in [0.15, 0.2) is 47.4 Å². The Kier molecular flexibility index (Phi) is 5.28. The van der Waals surface area contributed by atoms with Crippen LogP contribution >= 0.6 is 24.0 Å². The van der Waals surface area contributed by atoms with E-state index in [1.54, 1.807) is 12.4 Å². The first-order chi connectivity index (χ1) is 15.2. The van der Waals surface area contributed by atoms with E-state index in [-0.39, 0.29) is 12.4 Å². The summed E-state index contributed by atoms with van der Waals surface area (Å²) in [6, 6.07) is 6.28. The Morgan fingerprint density at radius 3 is 2.81 bits per heavy atom. The summed E-state index contributed by atoms with van der Waals surface area (Å²) in [7, 11) is 0. The van der Waals surface area contributed by atoms with Gasteiger partial charge in [0.05, 0.1) is 34.4 Å². The molecule has 1 fully saturated rings. The lowest BCUT2D eigenvalue weighted by Crippen LogP contribution is -2.29. The highest BCUT2D eigenvalue weighted by Crippen LogP contribution is 2.44. The third kappa shape index (κ3) is 3.31. The number of piperidine rings is 1. The van der Waals surface area contributed by atoms with E-state index in [1.165, 1.54) is 0 Å². The second-order valence-corrected chi connectivity index (χ2v) is 8.25. The van der Waals surface area contributed by atoms with E-state index in [0.717, 1.165) is 58.9 Å². The molecule has 0 atom stereocenters. The number of nitrogens with two attached hydrogens (primary N) is 1. The maximum atomic E-state index is 6.86. The summed E-state index contributed by atoms with van der Waals surface area (Å²) in [6.45, 7) is 2.01. The minimum atomic E-state index is 0. The number of H-pyrrole nitrogens is 1. The van der Waals surface area contributed by atoms with Gasteiger partial charge >= 0.3 is 0 Å². The van der Waals surface area contributed by atoms with Gasteiger partial charge in [-0.05, 0) is 44.1 Å². The van der Waals surface area contributed by atoms with Gasteiger partial charge in [-0.15, -0.1) is 12.4 Å². The highest BCUT2D eigenvalue weighted by molar-refractivity contribution is 6.39. The number of furan rings is 1. The molecule has 32 heavy (non-hydrogen) atoms. The first-order valence-corrected chi connectivity index (χ1v) is 10.6. The van der Waals surface area contributed by atoms with Crippen molar-refractivity contribution >= 4 is 51.7 Å². The first kappa shape index (κ1) is 20.8. The van der Waals surface area contributed by atoms with E-state index in [1.807, 2.05) is 29.1 Å². The fourth-order valence-electron chi connectivity index (χ4n) is 4.33. The summed E-state index contributed by atoms with van der Waals surface area (Å²) in [4.78, 5) is 4.36. The van der Waals surface area contributed by atoms with Crippen LogP contribution in [0.1, 0.15) is 18.9 Å². The maximum absolute atomic E-state index is 6.86. The van der Waals surface area contributed by atoms with Crippen molar-refractivity contribution in [2.75, 3.05) is 18.8 Å². The predicted octanol–water partition coefficient (Wildman–Crippen LogP) is 4.82. The van der Waals surface area contributed by atoms with E-state index in [4.69, 9.17) is 21.8 Å². The van der Waals surface area contributed by atoms with E-state index in [2.05, 4.69) is 31.8 Å². The van der Waals surface area contributed by atoms with Crippen molar-refractivity contribution in [3.8, 4) is 22.5 Å². The number of benzene rings is 1. The Morgan fingerprint density at radius 1 is 1.12 bits per heavy atom. The zero-order valence-electron chi connectivity index (χ0n) is 17.0. The molecular formula is C22H21Cl2N7O. The van der Waals surface area contributed by atoms with Crippen LogP contribution in [0.4, 0.5) is 5.82 Å². The van der Waals surface area contributed by atoms with Crippen LogP contribution in [0, 0.1) is 0 Å². The zero-order valence-corrected chi connectivity index (χ0v) is 18.6. The minimum absolute atomic E-state index is 0. The Morgan fingerprint density at radius 2 is 1.97 bits per heavy atom. The van der Waals surface area contributed by atoms with Crippen LogP contribution in [0.3, 0.4) is 0 Å². The SMILES string of the molecule is Cl.Nc1ncc(-c2cnn(C3CCNCC3)c2)c2c(Cl)c(-c3ccc4[nH]ncc4c3)oc12. The lowest BCUT2D eigenvalue weighted by Gasteiger charge is -2.22.